The predicted octanol–water partition coefficient (Wildman–Crippen LogP) is 8.41. The van der Waals surface area contributed by atoms with E-state index in [-0.39, 0.29) is 30.8 Å². The molecule has 0 bridgehead atoms. The highest BCUT2D eigenvalue weighted by Gasteiger charge is 2.10. The Morgan fingerprint density at radius 3 is 1.05 bits per heavy atom. The number of ketones is 4. The molecule has 6 heteroatoms. The lowest BCUT2D eigenvalue weighted by molar-refractivity contribution is -0.131. The van der Waals surface area contributed by atoms with Crippen LogP contribution >= 0.6 is 0 Å². The van der Waals surface area contributed by atoms with E-state index < -0.39 is 5.97 Å². The Morgan fingerprint density at radius 1 is 0.649 bits per heavy atom. The lowest BCUT2D eigenvalue weighted by Gasteiger charge is -2.09. The summed E-state index contributed by atoms with van der Waals surface area (Å²) in [5.74, 6) is 2.40. The average molecular weight is 531 g/mol. The summed E-state index contributed by atoms with van der Waals surface area (Å²) in [6, 6.07) is 0. The average Bonchev–Trinajstić information content (AvgIpc) is 2.65. The predicted molar refractivity (Wildman–Crippen MR) is 159 cm³/mol. The van der Waals surface area contributed by atoms with Crippen molar-refractivity contribution in [2.75, 3.05) is 0 Å². The number of rotatable bonds is 9. The van der Waals surface area contributed by atoms with Crippen LogP contribution in [0.25, 0.3) is 0 Å². The normalized spacial score (nSPS) is 10.0. The summed E-state index contributed by atoms with van der Waals surface area (Å²) >= 11 is 0. The second-order valence-electron chi connectivity index (χ2n) is 10.9. The maximum atomic E-state index is 10.6. The topological polar surface area (TPSA) is 106 Å². The van der Waals surface area contributed by atoms with Gasteiger partial charge in [0.2, 0.25) is 0 Å². The van der Waals surface area contributed by atoms with Crippen LogP contribution in [0.2, 0.25) is 0 Å². The smallest absolute Gasteiger partial charge is 0.328 e. The molecule has 0 saturated heterocycles. The van der Waals surface area contributed by atoms with E-state index in [4.69, 9.17) is 5.11 Å². The molecule has 0 aliphatic carbocycles. The minimum absolute atomic E-state index is 0. The van der Waals surface area contributed by atoms with Gasteiger partial charge < -0.3 is 14.7 Å². The Kier molecular flexibility index (Phi) is 39.1. The highest BCUT2D eigenvalue weighted by molar-refractivity contribution is 5.80. The summed E-state index contributed by atoms with van der Waals surface area (Å²) < 4.78 is 0. The molecule has 0 rings (SSSR count). The molecule has 0 radical (unpaired) electrons. The summed E-state index contributed by atoms with van der Waals surface area (Å²) in [4.78, 5) is 51.1. The highest BCUT2D eigenvalue weighted by atomic mass is 16.4. The van der Waals surface area contributed by atoms with Gasteiger partial charge in [-0.25, -0.2) is 4.79 Å². The van der Waals surface area contributed by atoms with Crippen molar-refractivity contribution in [3.63, 3.8) is 0 Å². The third-order valence-electron chi connectivity index (χ3n) is 4.64. The molecule has 0 fully saturated rings. The van der Waals surface area contributed by atoms with Crippen LogP contribution in [-0.4, -0.2) is 34.2 Å². The number of carbonyl (C=O) groups is 5. The number of Topliss-reactive ketones (excluding diaryl/α,β-unsaturated/α-hetero) is 4. The van der Waals surface area contributed by atoms with Crippen molar-refractivity contribution >= 4 is 29.1 Å². The fourth-order valence-corrected chi connectivity index (χ4v) is 1.78. The molecule has 37 heavy (non-hydrogen) atoms. The van der Waals surface area contributed by atoms with Crippen LogP contribution in [0.3, 0.4) is 0 Å². The molecule has 0 heterocycles. The van der Waals surface area contributed by atoms with Gasteiger partial charge in [0, 0.05) is 30.8 Å². The van der Waals surface area contributed by atoms with E-state index in [1.165, 1.54) is 6.08 Å². The molecular weight excluding hydrogens is 468 g/mol. The Bertz CT molecular complexity index is 636. The van der Waals surface area contributed by atoms with E-state index in [1.54, 1.807) is 41.5 Å². The SMILES string of the molecule is C.CC(=O)C(C)C.CC(=O)C(C)C(C)C.CC(=O)CC(C)C.CC(=O)CCC(C)C.CC(C)=CC(=O)O. The van der Waals surface area contributed by atoms with Crippen molar-refractivity contribution in [1.29, 1.82) is 0 Å². The molecule has 0 aliphatic rings. The van der Waals surface area contributed by atoms with Crippen LogP contribution in [0.15, 0.2) is 11.6 Å². The van der Waals surface area contributed by atoms with Gasteiger partial charge in [-0.3, -0.25) is 9.59 Å². The molecule has 1 N–H and O–H groups in total. The van der Waals surface area contributed by atoms with E-state index in [1.807, 2.05) is 34.6 Å². The minimum Gasteiger partial charge on any atom is -0.478 e. The maximum Gasteiger partial charge on any atom is 0.328 e. The molecule has 0 spiro atoms. The van der Waals surface area contributed by atoms with Crippen molar-refractivity contribution in [1.82, 2.24) is 0 Å². The molecule has 0 aliphatic heterocycles. The molecule has 222 valence electrons. The zero-order valence-corrected chi connectivity index (χ0v) is 26.1. The number of hydrogen-bond acceptors (Lipinski definition) is 5. The van der Waals surface area contributed by atoms with Crippen molar-refractivity contribution in [2.24, 2.45) is 29.6 Å². The van der Waals surface area contributed by atoms with Crippen molar-refractivity contribution in [2.45, 2.75) is 131 Å². The molecule has 6 nitrogen and oxygen atoms in total. The lowest BCUT2D eigenvalue weighted by atomic mass is 9.95. The van der Waals surface area contributed by atoms with Gasteiger partial charge >= 0.3 is 5.97 Å². The van der Waals surface area contributed by atoms with E-state index >= 15 is 0 Å². The molecule has 1 unspecified atom stereocenters. The van der Waals surface area contributed by atoms with Crippen LogP contribution in [0, 0.1) is 29.6 Å². The van der Waals surface area contributed by atoms with Crippen LogP contribution < -0.4 is 0 Å². The van der Waals surface area contributed by atoms with Crippen LogP contribution in [0.5, 0.6) is 0 Å². The summed E-state index contributed by atoms with van der Waals surface area (Å²) in [6.45, 7) is 28.2. The Labute approximate surface area is 230 Å². The van der Waals surface area contributed by atoms with Gasteiger partial charge in [-0.2, -0.15) is 0 Å². The van der Waals surface area contributed by atoms with Gasteiger partial charge in [-0.05, 0) is 65.7 Å². The molecular formula is C31H62O6. The Hall–Kier alpha value is -2.11. The van der Waals surface area contributed by atoms with Crippen LogP contribution in [0.4, 0.5) is 0 Å². The first-order chi connectivity index (χ1) is 16.1. The number of carboxylic acid groups (broad SMARTS) is 1. The van der Waals surface area contributed by atoms with E-state index in [9.17, 15) is 24.0 Å². The van der Waals surface area contributed by atoms with Crippen molar-refractivity contribution < 1.29 is 29.1 Å². The van der Waals surface area contributed by atoms with Crippen LogP contribution in [0.1, 0.15) is 131 Å². The van der Waals surface area contributed by atoms with Crippen molar-refractivity contribution in [3.05, 3.63) is 11.6 Å². The standard InChI is InChI=1S/2C7H14O.C6H12O.C5H8O2.C5H10O.CH4/c1-6(2)4-5-7(3)8;1-5(2)6(3)7(4)8;1-5(2)4-6(3)7;1-4(2)3-5(6)7;1-4(2)5(3)6;/h6H,4-5H2,1-3H3;5-6H,1-4H3;5H,4H2,1-3H3;3H,1-2H3,(H,6,7);4H,1-3H3;1H4. The summed E-state index contributed by atoms with van der Waals surface area (Å²) in [5, 5.41) is 8.01. The molecule has 0 aromatic carbocycles. The van der Waals surface area contributed by atoms with Gasteiger partial charge in [-0.1, -0.05) is 75.3 Å². The molecule has 1 atom stereocenters. The lowest BCUT2D eigenvalue weighted by Crippen LogP contribution is -2.12. The fourth-order valence-electron chi connectivity index (χ4n) is 1.78. The van der Waals surface area contributed by atoms with Crippen LogP contribution in [-0.2, 0) is 24.0 Å². The largest absolute Gasteiger partial charge is 0.478 e. The molecule has 0 aromatic rings. The highest BCUT2D eigenvalue weighted by Crippen LogP contribution is 2.09. The maximum absolute atomic E-state index is 10.6. The number of allylic oxidation sites excluding steroid dienone is 1. The van der Waals surface area contributed by atoms with Gasteiger partial charge in [0.05, 0.1) is 0 Å². The zero-order valence-electron chi connectivity index (χ0n) is 26.1. The monoisotopic (exact) mass is 530 g/mol. The summed E-state index contributed by atoms with van der Waals surface area (Å²) in [6.07, 6.45) is 3.67. The third kappa shape index (κ3) is 65.8. The van der Waals surface area contributed by atoms with E-state index in [0.29, 0.717) is 29.3 Å². The zero-order chi connectivity index (χ0) is 30.2. The number of carbonyl (C=O) groups excluding carboxylic acids is 4. The minimum atomic E-state index is -0.875. The molecule has 0 saturated carbocycles. The number of carboxylic acids is 1. The van der Waals surface area contributed by atoms with Gasteiger partial charge in [0.15, 0.2) is 0 Å². The first-order valence-electron chi connectivity index (χ1n) is 13.0. The molecule has 0 aromatic heterocycles. The van der Waals surface area contributed by atoms with Gasteiger partial charge in [0.1, 0.15) is 23.1 Å². The van der Waals surface area contributed by atoms with Crippen molar-refractivity contribution in [3.8, 4) is 0 Å². The van der Waals surface area contributed by atoms with Gasteiger partial charge in [0.25, 0.3) is 0 Å². The molecule has 0 amide bonds. The fraction of sp³-hybridized carbons (Fsp3) is 0.774. The first kappa shape index (κ1) is 48.0. The summed E-state index contributed by atoms with van der Waals surface area (Å²) in [5.41, 5.74) is 0.813. The van der Waals surface area contributed by atoms with E-state index in [0.717, 1.165) is 24.8 Å². The Morgan fingerprint density at radius 2 is 1.03 bits per heavy atom. The number of aliphatic carboxylic acids is 1. The second-order valence-corrected chi connectivity index (χ2v) is 10.9. The van der Waals surface area contributed by atoms with E-state index in [2.05, 4.69) is 27.7 Å². The second kappa shape index (κ2) is 30.1. The summed E-state index contributed by atoms with van der Waals surface area (Å²) in [7, 11) is 0. The van der Waals surface area contributed by atoms with Gasteiger partial charge in [-0.15, -0.1) is 0 Å². The quantitative estimate of drug-likeness (QED) is 0.300. The third-order valence-corrected chi connectivity index (χ3v) is 4.64. The first-order valence-corrected chi connectivity index (χ1v) is 13.0. The number of hydrogen-bond donors (Lipinski definition) is 1. The Balaban J connectivity index is -0.0000000809.